The second-order valence-corrected chi connectivity index (χ2v) is 5.09. The standard InChI is InChI=1S/C12H14Cl2FNO/c1-7(2)10(14)6-16-12(17)9-4-3-8(13)5-11(9)15/h3-5,7,10H,6H2,1-2H3,(H,16,17). The second-order valence-electron chi connectivity index (χ2n) is 4.09. The Morgan fingerprint density at radius 3 is 2.65 bits per heavy atom. The molecule has 2 nitrogen and oxygen atoms in total. The van der Waals surface area contributed by atoms with Crippen LogP contribution in [0.5, 0.6) is 0 Å². The van der Waals surface area contributed by atoms with Crippen molar-refractivity contribution >= 4 is 29.1 Å². The average Bonchev–Trinajstić information content (AvgIpc) is 2.25. The highest BCUT2D eigenvalue weighted by Gasteiger charge is 2.15. The summed E-state index contributed by atoms with van der Waals surface area (Å²) in [6.07, 6.45) is 0. The topological polar surface area (TPSA) is 29.1 Å². The van der Waals surface area contributed by atoms with Crippen molar-refractivity contribution in [3.05, 3.63) is 34.6 Å². The molecule has 0 aliphatic rings. The predicted molar refractivity (Wildman–Crippen MR) is 68.2 cm³/mol. The molecule has 1 rings (SSSR count). The van der Waals surface area contributed by atoms with Crippen molar-refractivity contribution in [3.63, 3.8) is 0 Å². The van der Waals surface area contributed by atoms with E-state index in [0.29, 0.717) is 6.54 Å². The summed E-state index contributed by atoms with van der Waals surface area (Å²) < 4.78 is 13.4. The van der Waals surface area contributed by atoms with Gasteiger partial charge in [0, 0.05) is 11.6 Å². The highest BCUT2D eigenvalue weighted by Crippen LogP contribution is 2.15. The van der Waals surface area contributed by atoms with Gasteiger partial charge >= 0.3 is 0 Å². The van der Waals surface area contributed by atoms with E-state index in [1.165, 1.54) is 12.1 Å². The largest absolute Gasteiger partial charge is 0.350 e. The van der Waals surface area contributed by atoms with Crippen molar-refractivity contribution in [1.82, 2.24) is 5.32 Å². The zero-order valence-electron chi connectivity index (χ0n) is 9.64. The van der Waals surface area contributed by atoms with Gasteiger partial charge in [-0.15, -0.1) is 11.6 Å². The van der Waals surface area contributed by atoms with Gasteiger partial charge < -0.3 is 5.32 Å². The Kier molecular flexibility index (Phi) is 5.22. The van der Waals surface area contributed by atoms with Gasteiger partial charge in [0.05, 0.1) is 10.9 Å². The molecule has 1 aromatic rings. The van der Waals surface area contributed by atoms with E-state index in [2.05, 4.69) is 5.32 Å². The first-order chi connectivity index (χ1) is 7.91. The summed E-state index contributed by atoms with van der Waals surface area (Å²) in [7, 11) is 0. The van der Waals surface area contributed by atoms with Crippen molar-refractivity contribution in [2.24, 2.45) is 5.92 Å². The van der Waals surface area contributed by atoms with Gasteiger partial charge in [-0.1, -0.05) is 25.4 Å². The van der Waals surface area contributed by atoms with Crippen molar-refractivity contribution < 1.29 is 9.18 Å². The molecule has 1 amide bonds. The molecule has 1 unspecified atom stereocenters. The van der Waals surface area contributed by atoms with Crippen LogP contribution in [0, 0.1) is 11.7 Å². The molecule has 1 aromatic carbocycles. The summed E-state index contributed by atoms with van der Waals surface area (Å²) >= 11 is 11.6. The zero-order valence-corrected chi connectivity index (χ0v) is 11.1. The number of rotatable bonds is 4. The Balaban J connectivity index is 2.64. The van der Waals surface area contributed by atoms with Crippen LogP contribution in [-0.4, -0.2) is 17.8 Å². The maximum absolute atomic E-state index is 13.4. The minimum atomic E-state index is -0.634. The second kappa shape index (κ2) is 6.22. The molecule has 1 N–H and O–H groups in total. The number of alkyl halides is 1. The van der Waals surface area contributed by atoms with Gasteiger partial charge in [-0.3, -0.25) is 4.79 Å². The first kappa shape index (κ1) is 14.3. The number of hydrogen-bond donors (Lipinski definition) is 1. The number of carbonyl (C=O) groups excluding carboxylic acids is 1. The van der Waals surface area contributed by atoms with E-state index in [1.54, 1.807) is 0 Å². The number of nitrogens with one attached hydrogen (secondary N) is 1. The normalized spacial score (nSPS) is 12.6. The van der Waals surface area contributed by atoms with Crippen LogP contribution in [0.4, 0.5) is 4.39 Å². The quantitative estimate of drug-likeness (QED) is 0.839. The van der Waals surface area contributed by atoms with E-state index in [4.69, 9.17) is 23.2 Å². The summed E-state index contributed by atoms with van der Waals surface area (Å²) in [4.78, 5) is 11.7. The van der Waals surface area contributed by atoms with Crippen LogP contribution in [0.15, 0.2) is 18.2 Å². The smallest absolute Gasteiger partial charge is 0.254 e. The van der Waals surface area contributed by atoms with E-state index < -0.39 is 11.7 Å². The average molecular weight is 278 g/mol. The summed E-state index contributed by atoms with van der Waals surface area (Å²) in [5.41, 5.74) is -0.0259. The van der Waals surface area contributed by atoms with E-state index >= 15 is 0 Å². The van der Waals surface area contributed by atoms with Crippen molar-refractivity contribution in [2.75, 3.05) is 6.54 Å². The van der Waals surface area contributed by atoms with E-state index in [0.717, 1.165) is 6.07 Å². The van der Waals surface area contributed by atoms with Crippen molar-refractivity contribution in [3.8, 4) is 0 Å². The van der Waals surface area contributed by atoms with Gasteiger partial charge in [0.1, 0.15) is 5.82 Å². The molecular weight excluding hydrogens is 264 g/mol. The Morgan fingerprint density at radius 1 is 1.47 bits per heavy atom. The fourth-order valence-corrected chi connectivity index (χ4v) is 1.43. The predicted octanol–water partition coefficient (Wildman–Crippen LogP) is 3.47. The molecule has 0 aromatic heterocycles. The number of amides is 1. The summed E-state index contributed by atoms with van der Waals surface area (Å²) in [5, 5.41) is 2.68. The fourth-order valence-electron chi connectivity index (χ4n) is 1.19. The van der Waals surface area contributed by atoms with Gasteiger partial charge in [0.15, 0.2) is 0 Å². The third kappa shape index (κ3) is 4.17. The van der Waals surface area contributed by atoms with E-state index in [1.807, 2.05) is 13.8 Å². The van der Waals surface area contributed by atoms with Crippen LogP contribution < -0.4 is 5.32 Å². The van der Waals surface area contributed by atoms with Gasteiger partial charge in [0.25, 0.3) is 5.91 Å². The molecule has 0 saturated carbocycles. The minimum Gasteiger partial charge on any atom is -0.350 e. The number of halogens is 3. The highest BCUT2D eigenvalue weighted by molar-refractivity contribution is 6.30. The van der Waals surface area contributed by atoms with Gasteiger partial charge in [-0.25, -0.2) is 4.39 Å². The SMILES string of the molecule is CC(C)C(Cl)CNC(=O)c1ccc(Cl)cc1F. The molecule has 0 bridgehead atoms. The lowest BCUT2D eigenvalue weighted by Gasteiger charge is -2.14. The van der Waals surface area contributed by atoms with Gasteiger partial charge in [0.2, 0.25) is 0 Å². The number of carbonyl (C=O) groups is 1. The first-order valence-corrected chi connectivity index (χ1v) is 6.10. The Labute approximate surface area is 110 Å². The maximum atomic E-state index is 13.4. The fraction of sp³-hybridized carbons (Fsp3) is 0.417. The van der Waals surface area contributed by atoms with Crippen molar-refractivity contribution in [2.45, 2.75) is 19.2 Å². The van der Waals surface area contributed by atoms with Crippen LogP contribution in [0.1, 0.15) is 24.2 Å². The summed E-state index contributed by atoms with van der Waals surface area (Å²) in [6.45, 7) is 4.21. The molecule has 1 atom stereocenters. The maximum Gasteiger partial charge on any atom is 0.254 e. The third-order valence-corrected chi connectivity index (χ3v) is 3.25. The van der Waals surface area contributed by atoms with Crippen LogP contribution in [0.25, 0.3) is 0 Å². The molecule has 17 heavy (non-hydrogen) atoms. The first-order valence-electron chi connectivity index (χ1n) is 5.29. The van der Waals surface area contributed by atoms with Gasteiger partial charge in [-0.2, -0.15) is 0 Å². The van der Waals surface area contributed by atoms with Crippen LogP contribution >= 0.6 is 23.2 Å². The molecule has 0 heterocycles. The third-order valence-electron chi connectivity index (χ3n) is 2.36. The molecule has 0 radical (unpaired) electrons. The molecule has 0 spiro atoms. The van der Waals surface area contributed by atoms with E-state index in [-0.39, 0.29) is 21.9 Å². The number of benzene rings is 1. The monoisotopic (exact) mass is 277 g/mol. The lowest BCUT2D eigenvalue weighted by molar-refractivity contribution is 0.0948. The Hall–Kier alpha value is -0.800. The summed E-state index contributed by atoms with van der Waals surface area (Å²) in [5.74, 6) is -0.872. The molecule has 0 saturated heterocycles. The Bertz CT molecular complexity index is 409. The Morgan fingerprint density at radius 2 is 2.12 bits per heavy atom. The summed E-state index contributed by atoms with van der Waals surface area (Å²) in [6, 6.07) is 3.93. The lowest BCUT2D eigenvalue weighted by atomic mass is 10.1. The van der Waals surface area contributed by atoms with Crippen LogP contribution in [0.3, 0.4) is 0 Å². The van der Waals surface area contributed by atoms with Gasteiger partial charge in [-0.05, 0) is 24.1 Å². The minimum absolute atomic E-state index is 0.0259. The molecular formula is C12H14Cl2FNO. The number of hydrogen-bond acceptors (Lipinski definition) is 1. The molecule has 0 fully saturated rings. The van der Waals surface area contributed by atoms with Crippen LogP contribution in [-0.2, 0) is 0 Å². The zero-order chi connectivity index (χ0) is 13.0. The molecule has 0 aliphatic heterocycles. The molecule has 5 heteroatoms. The van der Waals surface area contributed by atoms with Crippen molar-refractivity contribution in [1.29, 1.82) is 0 Å². The van der Waals surface area contributed by atoms with Crippen LogP contribution in [0.2, 0.25) is 5.02 Å². The molecule has 0 aliphatic carbocycles. The highest BCUT2D eigenvalue weighted by atomic mass is 35.5. The lowest BCUT2D eigenvalue weighted by Crippen LogP contribution is -2.32. The molecule has 94 valence electrons. The van der Waals surface area contributed by atoms with E-state index in [9.17, 15) is 9.18 Å².